The summed E-state index contributed by atoms with van der Waals surface area (Å²) in [6, 6.07) is 13.2. The first-order chi connectivity index (χ1) is 15.9. The Hall–Kier alpha value is -0.390. The van der Waals surface area contributed by atoms with Gasteiger partial charge in [-0.25, -0.2) is 16.8 Å². The van der Waals surface area contributed by atoms with Crippen LogP contribution in [-0.2, 0) is 20.8 Å². The van der Waals surface area contributed by atoms with Crippen LogP contribution in [-0.4, -0.2) is 30.9 Å². The van der Waals surface area contributed by atoms with E-state index in [9.17, 15) is 25.9 Å². The molecule has 1 N–H and O–H groups in total. The summed E-state index contributed by atoms with van der Waals surface area (Å²) in [5.74, 6) is -0.725. The number of aromatic amines is 1. The third-order valence-corrected chi connectivity index (χ3v) is 7.68. The maximum Gasteiger partial charge on any atom is 1.00 e. The van der Waals surface area contributed by atoms with E-state index in [1.165, 1.54) is 6.07 Å². The number of halogens is 2. The van der Waals surface area contributed by atoms with E-state index in [0.29, 0.717) is 25.1 Å². The van der Waals surface area contributed by atoms with Crippen LogP contribution in [0.4, 0.5) is 0 Å². The maximum atomic E-state index is 11.6. The molecule has 5 rings (SSSR count). The zero-order chi connectivity index (χ0) is 24.4. The minimum Gasteiger partial charge on any atom is -0.716 e. The quantitative estimate of drug-likeness (QED) is 0.150. The Morgan fingerprint density at radius 2 is 1.56 bits per heavy atom. The van der Waals surface area contributed by atoms with Crippen molar-refractivity contribution in [3.63, 3.8) is 0 Å². The summed E-state index contributed by atoms with van der Waals surface area (Å²) < 4.78 is 79.9. The number of fused-ring (bicyclic) bond motifs is 4. The fraction of sp³-hybridized carbons (Fsp3) is 0. The summed E-state index contributed by atoms with van der Waals surface area (Å²) >= 11 is 10.7. The van der Waals surface area contributed by atoms with Gasteiger partial charge in [0.15, 0.2) is 11.5 Å². The normalized spacial score (nSPS) is 11.9. The monoisotopic (exact) mass is 647 g/mol. The molecule has 0 saturated heterocycles. The maximum absolute atomic E-state index is 11.6. The summed E-state index contributed by atoms with van der Waals surface area (Å²) in [4.78, 5) is 2.95. The van der Waals surface area contributed by atoms with E-state index in [4.69, 9.17) is 20.0 Å². The van der Waals surface area contributed by atoms with E-state index in [-0.39, 0.29) is 92.0 Å². The van der Waals surface area contributed by atoms with E-state index < -0.39 is 20.8 Å². The van der Waals surface area contributed by atoms with Crippen molar-refractivity contribution in [1.82, 2.24) is 4.98 Å². The van der Waals surface area contributed by atoms with Crippen molar-refractivity contribution in [2.24, 2.45) is 0 Å². The Labute approximate surface area is 266 Å². The standard InChI is InChI=1S/C20H11BrClNO8S3.2Na/c21-10-5-7-14-12(8-10)17(30-33(24,25)26)16(23-14)20-18(31-34(27,28)29)11-6-4-9-2-1-3-13(22)15(9)19(11)32-20;;/h1-8,23H,(H,24,25,26)(H,27,28,29);;/q;2*+1/p-2. The second-order valence-electron chi connectivity index (χ2n) is 7.04. The van der Waals surface area contributed by atoms with Crippen LogP contribution in [0.25, 0.3) is 42.3 Å². The van der Waals surface area contributed by atoms with E-state index in [1.54, 1.807) is 42.5 Å². The summed E-state index contributed by atoms with van der Waals surface area (Å²) in [7, 11) is -10.5. The predicted octanol–water partition coefficient (Wildman–Crippen LogP) is -0.695. The van der Waals surface area contributed by atoms with Crippen molar-refractivity contribution < 1.29 is 93.4 Å². The van der Waals surface area contributed by atoms with Crippen molar-refractivity contribution >= 4 is 91.4 Å². The molecule has 0 spiro atoms. The summed E-state index contributed by atoms with van der Waals surface area (Å²) in [6.45, 7) is 0. The van der Waals surface area contributed by atoms with Gasteiger partial charge >= 0.3 is 59.1 Å². The fourth-order valence-corrected chi connectivity index (χ4v) is 6.49. The minimum atomic E-state index is -5.24. The topological polar surface area (TPSA) is 149 Å². The minimum absolute atomic E-state index is 0. The molecular formula is C20H9BrClNNa2O8S3. The SMILES string of the molecule is O=S(=O)([O-])Oc1c(-c2sc3c(ccc4cccc(Cl)c43)c2OS(=O)(=O)[O-])[nH]c2ccc(Br)cc12.[Na+].[Na+]. The van der Waals surface area contributed by atoms with Crippen LogP contribution in [0.5, 0.6) is 11.5 Å². The smallest absolute Gasteiger partial charge is 0.716 e. The van der Waals surface area contributed by atoms with Gasteiger partial charge in [-0.15, -0.1) is 11.3 Å². The van der Waals surface area contributed by atoms with Crippen molar-refractivity contribution in [2.75, 3.05) is 0 Å². The Morgan fingerprint density at radius 1 is 0.889 bits per heavy atom. The van der Waals surface area contributed by atoms with Crippen LogP contribution in [0.15, 0.2) is 53.0 Å². The van der Waals surface area contributed by atoms with Gasteiger partial charge in [-0.3, -0.25) is 0 Å². The second kappa shape index (κ2) is 11.0. The Kier molecular flexibility index (Phi) is 9.22. The molecule has 5 aromatic rings. The average molecular weight is 649 g/mol. The number of rotatable bonds is 5. The molecule has 0 bridgehead atoms. The third kappa shape index (κ3) is 5.93. The molecule has 2 aromatic heterocycles. The molecular weight excluding hydrogens is 640 g/mol. The first-order valence-electron chi connectivity index (χ1n) is 9.17. The predicted molar refractivity (Wildman–Crippen MR) is 130 cm³/mol. The molecule has 0 aliphatic rings. The van der Waals surface area contributed by atoms with Crippen LogP contribution in [0, 0.1) is 0 Å². The van der Waals surface area contributed by atoms with E-state index in [2.05, 4.69) is 20.9 Å². The van der Waals surface area contributed by atoms with Crippen LogP contribution in [0.1, 0.15) is 0 Å². The van der Waals surface area contributed by atoms with Gasteiger partial charge in [0.25, 0.3) is 20.8 Å². The van der Waals surface area contributed by atoms with Crippen LogP contribution in [0.2, 0.25) is 5.02 Å². The largest absolute Gasteiger partial charge is 1.00 e. The number of hydrogen-bond donors (Lipinski definition) is 1. The fourth-order valence-electron chi connectivity index (χ4n) is 3.70. The van der Waals surface area contributed by atoms with E-state index >= 15 is 0 Å². The number of aromatic nitrogens is 1. The van der Waals surface area contributed by atoms with Crippen molar-refractivity contribution in [2.45, 2.75) is 0 Å². The first-order valence-corrected chi connectivity index (χ1v) is 13.8. The molecule has 2 heterocycles. The molecule has 9 nitrogen and oxygen atoms in total. The molecule has 176 valence electrons. The molecule has 3 aromatic carbocycles. The molecule has 0 aliphatic carbocycles. The molecule has 0 atom stereocenters. The van der Waals surface area contributed by atoms with Gasteiger partial charge in [0, 0.05) is 35.9 Å². The van der Waals surface area contributed by atoms with Crippen molar-refractivity contribution in [3.8, 4) is 22.1 Å². The molecule has 0 amide bonds. The van der Waals surface area contributed by atoms with E-state index in [1.807, 2.05) is 0 Å². The summed E-state index contributed by atoms with van der Waals surface area (Å²) in [6.07, 6.45) is 0. The molecule has 16 heteroatoms. The summed E-state index contributed by atoms with van der Waals surface area (Å²) in [5.41, 5.74) is 0.320. The van der Waals surface area contributed by atoms with E-state index in [0.717, 1.165) is 16.7 Å². The number of nitrogens with one attached hydrogen (secondary N) is 1. The van der Waals surface area contributed by atoms with Gasteiger partial charge < -0.3 is 22.5 Å². The van der Waals surface area contributed by atoms with Gasteiger partial charge in [0.1, 0.15) is 5.69 Å². The van der Waals surface area contributed by atoms with Crippen LogP contribution >= 0.6 is 38.9 Å². The Balaban J connectivity index is 0.00000180. The van der Waals surface area contributed by atoms with Gasteiger partial charge in [-0.2, -0.15) is 0 Å². The molecule has 0 aliphatic heterocycles. The van der Waals surface area contributed by atoms with Crippen LogP contribution in [0.3, 0.4) is 0 Å². The zero-order valence-corrected chi connectivity index (χ0v) is 27.2. The molecule has 0 radical (unpaired) electrons. The first kappa shape index (κ1) is 30.2. The molecule has 36 heavy (non-hydrogen) atoms. The number of H-pyrrole nitrogens is 1. The van der Waals surface area contributed by atoms with Gasteiger partial charge in [0.2, 0.25) is 0 Å². The molecule has 0 unspecified atom stereocenters. The number of thiophene rings is 1. The van der Waals surface area contributed by atoms with Crippen molar-refractivity contribution in [1.29, 1.82) is 0 Å². The summed E-state index contributed by atoms with van der Waals surface area (Å²) in [5, 5.41) is 2.15. The molecule has 0 fully saturated rings. The Bertz CT molecular complexity index is 1860. The second-order valence-corrected chi connectivity index (χ2v) is 11.4. The van der Waals surface area contributed by atoms with Gasteiger partial charge in [-0.05, 0) is 35.7 Å². The number of hydrogen-bond acceptors (Lipinski definition) is 9. The van der Waals surface area contributed by atoms with Crippen LogP contribution < -0.4 is 67.5 Å². The Morgan fingerprint density at radius 3 is 2.22 bits per heavy atom. The molecule has 0 saturated carbocycles. The zero-order valence-electron chi connectivity index (χ0n) is 18.4. The van der Waals surface area contributed by atoms with Gasteiger partial charge in [-0.1, -0.05) is 45.7 Å². The average Bonchev–Trinajstić information content (AvgIpc) is 3.24. The van der Waals surface area contributed by atoms with Gasteiger partial charge in [0.05, 0.1) is 4.88 Å². The third-order valence-electron chi connectivity index (χ3n) is 4.91. The number of benzene rings is 3. The van der Waals surface area contributed by atoms with Crippen molar-refractivity contribution in [3.05, 3.63) is 58.0 Å².